The number of likely N-dealkylation sites (tertiary alicyclic amines) is 1. The molecule has 0 spiro atoms. The molecular weight excluding hydrogens is 292 g/mol. The molecule has 1 atom stereocenters. The molecule has 1 unspecified atom stereocenters. The number of aromatic nitrogens is 1. The standard InChI is InChI=1S/C14H15BrN2O/c1-17-7-5-11(9-17)18-14-4-6-16-13-3-2-10(15)8-12(13)14/h2-4,6,8,11H,5,7,9H2,1H3. The van der Waals surface area contributed by atoms with E-state index in [1.54, 1.807) is 0 Å². The summed E-state index contributed by atoms with van der Waals surface area (Å²) in [4.78, 5) is 6.66. The molecule has 4 heteroatoms. The summed E-state index contributed by atoms with van der Waals surface area (Å²) in [7, 11) is 2.13. The van der Waals surface area contributed by atoms with Gasteiger partial charge in [-0.25, -0.2) is 0 Å². The van der Waals surface area contributed by atoms with Gasteiger partial charge in [-0.15, -0.1) is 0 Å². The van der Waals surface area contributed by atoms with Crippen LogP contribution in [-0.2, 0) is 0 Å². The summed E-state index contributed by atoms with van der Waals surface area (Å²) in [5, 5.41) is 1.07. The number of hydrogen-bond acceptors (Lipinski definition) is 3. The monoisotopic (exact) mass is 306 g/mol. The lowest BCUT2D eigenvalue weighted by Gasteiger charge is -2.15. The van der Waals surface area contributed by atoms with Crippen molar-refractivity contribution in [3.63, 3.8) is 0 Å². The molecule has 0 amide bonds. The average Bonchev–Trinajstić information content (AvgIpc) is 2.76. The van der Waals surface area contributed by atoms with E-state index in [4.69, 9.17) is 4.74 Å². The highest BCUT2D eigenvalue weighted by atomic mass is 79.9. The zero-order chi connectivity index (χ0) is 12.5. The first-order valence-corrected chi connectivity index (χ1v) is 6.91. The van der Waals surface area contributed by atoms with Crippen LogP contribution in [0.4, 0.5) is 0 Å². The fraction of sp³-hybridized carbons (Fsp3) is 0.357. The van der Waals surface area contributed by atoms with Crippen LogP contribution < -0.4 is 4.74 Å². The van der Waals surface area contributed by atoms with Gasteiger partial charge in [-0.3, -0.25) is 4.98 Å². The predicted octanol–water partition coefficient (Wildman–Crippen LogP) is 3.08. The molecule has 3 rings (SSSR count). The molecule has 1 aliphatic heterocycles. The lowest BCUT2D eigenvalue weighted by atomic mass is 10.2. The van der Waals surface area contributed by atoms with Crippen molar-refractivity contribution in [1.29, 1.82) is 0 Å². The van der Waals surface area contributed by atoms with Gasteiger partial charge in [0, 0.05) is 29.1 Å². The zero-order valence-electron chi connectivity index (χ0n) is 10.3. The van der Waals surface area contributed by atoms with E-state index in [9.17, 15) is 0 Å². The van der Waals surface area contributed by atoms with Gasteiger partial charge in [0.1, 0.15) is 11.9 Å². The highest BCUT2D eigenvalue weighted by molar-refractivity contribution is 9.10. The molecule has 0 aliphatic carbocycles. The Kier molecular flexibility index (Phi) is 3.22. The van der Waals surface area contributed by atoms with E-state index in [1.807, 2.05) is 24.4 Å². The Bertz CT molecular complexity index is 573. The molecule has 2 heterocycles. The number of nitrogens with zero attached hydrogens (tertiary/aromatic N) is 2. The molecule has 1 aliphatic rings. The molecule has 2 aromatic rings. The van der Waals surface area contributed by atoms with Crippen molar-refractivity contribution in [2.24, 2.45) is 0 Å². The second-order valence-corrected chi connectivity index (χ2v) is 5.68. The van der Waals surface area contributed by atoms with Crippen LogP contribution in [0.5, 0.6) is 5.75 Å². The normalized spacial score (nSPS) is 20.4. The van der Waals surface area contributed by atoms with Crippen LogP contribution >= 0.6 is 15.9 Å². The van der Waals surface area contributed by atoms with Gasteiger partial charge in [0.15, 0.2) is 0 Å². The number of halogens is 1. The van der Waals surface area contributed by atoms with Crippen molar-refractivity contribution in [1.82, 2.24) is 9.88 Å². The van der Waals surface area contributed by atoms with E-state index in [0.29, 0.717) is 6.10 Å². The largest absolute Gasteiger partial charge is 0.488 e. The molecule has 0 saturated carbocycles. The minimum absolute atomic E-state index is 0.291. The fourth-order valence-corrected chi connectivity index (χ4v) is 2.73. The number of pyridine rings is 1. The third-order valence-corrected chi connectivity index (χ3v) is 3.80. The lowest BCUT2D eigenvalue weighted by molar-refractivity contribution is 0.210. The number of benzene rings is 1. The quantitative estimate of drug-likeness (QED) is 0.852. The van der Waals surface area contributed by atoms with Crippen LogP contribution in [0.25, 0.3) is 10.9 Å². The SMILES string of the molecule is CN1CCC(Oc2ccnc3ccc(Br)cc23)C1. The van der Waals surface area contributed by atoms with E-state index < -0.39 is 0 Å². The molecule has 0 bridgehead atoms. The fourth-order valence-electron chi connectivity index (χ4n) is 2.37. The molecule has 1 aromatic carbocycles. The molecule has 1 aromatic heterocycles. The minimum Gasteiger partial charge on any atom is -0.488 e. The van der Waals surface area contributed by atoms with Crippen molar-refractivity contribution in [2.45, 2.75) is 12.5 Å². The van der Waals surface area contributed by atoms with Gasteiger partial charge in [0.05, 0.1) is 5.52 Å². The zero-order valence-corrected chi connectivity index (χ0v) is 11.9. The molecular formula is C14H15BrN2O. The topological polar surface area (TPSA) is 25.4 Å². The molecule has 18 heavy (non-hydrogen) atoms. The lowest BCUT2D eigenvalue weighted by Crippen LogP contribution is -2.21. The summed E-state index contributed by atoms with van der Waals surface area (Å²) in [5.74, 6) is 0.932. The Labute approximate surface area is 115 Å². The van der Waals surface area contributed by atoms with E-state index in [2.05, 4.69) is 38.9 Å². The van der Waals surface area contributed by atoms with Gasteiger partial charge < -0.3 is 9.64 Å². The third kappa shape index (κ3) is 2.35. The molecule has 0 radical (unpaired) electrons. The molecule has 1 saturated heterocycles. The van der Waals surface area contributed by atoms with Gasteiger partial charge in [0.25, 0.3) is 0 Å². The molecule has 0 N–H and O–H groups in total. The Balaban J connectivity index is 1.93. The van der Waals surface area contributed by atoms with E-state index in [0.717, 1.165) is 40.6 Å². The summed E-state index contributed by atoms with van der Waals surface area (Å²) < 4.78 is 7.16. The van der Waals surface area contributed by atoms with Crippen molar-refractivity contribution in [2.75, 3.05) is 20.1 Å². The first-order chi connectivity index (χ1) is 8.72. The van der Waals surface area contributed by atoms with Crippen LogP contribution in [0.3, 0.4) is 0 Å². The van der Waals surface area contributed by atoms with Crippen LogP contribution in [-0.4, -0.2) is 36.1 Å². The van der Waals surface area contributed by atoms with Crippen LogP contribution in [0.1, 0.15) is 6.42 Å². The van der Waals surface area contributed by atoms with Gasteiger partial charge in [-0.05, 0) is 37.7 Å². The van der Waals surface area contributed by atoms with E-state index in [1.165, 1.54) is 0 Å². The number of rotatable bonds is 2. The first kappa shape index (κ1) is 11.9. The third-order valence-electron chi connectivity index (χ3n) is 3.31. The highest BCUT2D eigenvalue weighted by Gasteiger charge is 2.21. The van der Waals surface area contributed by atoms with Gasteiger partial charge in [-0.1, -0.05) is 15.9 Å². The second kappa shape index (κ2) is 4.86. The maximum atomic E-state index is 6.11. The number of ether oxygens (including phenoxy) is 1. The highest BCUT2D eigenvalue weighted by Crippen LogP contribution is 2.28. The Morgan fingerprint density at radius 2 is 2.28 bits per heavy atom. The van der Waals surface area contributed by atoms with Gasteiger partial charge >= 0.3 is 0 Å². The molecule has 1 fully saturated rings. The summed E-state index contributed by atoms with van der Waals surface area (Å²) in [6, 6.07) is 8.03. The van der Waals surface area contributed by atoms with E-state index >= 15 is 0 Å². The molecule has 3 nitrogen and oxygen atoms in total. The Morgan fingerprint density at radius 3 is 3.06 bits per heavy atom. The predicted molar refractivity (Wildman–Crippen MR) is 76.0 cm³/mol. The second-order valence-electron chi connectivity index (χ2n) is 4.76. The van der Waals surface area contributed by atoms with Crippen molar-refractivity contribution < 1.29 is 4.74 Å². The Morgan fingerprint density at radius 1 is 1.39 bits per heavy atom. The van der Waals surface area contributed by atoms with Crippen LogP contribution in [0.2, 0.25) is 0 Å². The van der Waals surface area contributed by atoms with Crippen LogP contribution in [0, 0.1) is 0 Å². The van der Waals surface area contributed by atoms with E-state index in [-0.39, 0.29) is 0 Å². The average molecular weight is 307 g/mol. The summed E-state index contributed by atoms with van der Waals surface area (Å²) >= 11 is 3.50. The van der Waals surface area contributed by atoms with Crippen molar-refractivity contribution >= 4 is 26.8 Å². The van der Waals surface area contributed by atoms with Gasteiger partial charge in [0.2, 0.25) is 0 Å². The van der Waals surface area contributed by atoms with Crippen molar-refractivity contribution in [3.05, 3.63) is 34.9 Å². The van der Waals surface area contributed by atoms with Gasteiger partial charge in [-0.2, -0.15) is 0 Å². The van der Waals surface area contributed by atoms with Crippen LogP contribution in [0.15, 0.2) is 34.9 Å². The Hall–Kier alpha value is -1.13. The number of fused-ring (bicyclic) bond motifs is 1. The molecule has 94 valence electrons. The smallest absolute Gasteiger partial charge is 0.130 e. The minimum atomic E-state index is 0.291. The first-order valence-electron chi connectivity index (χ1n) is 6.12. The number of hydrogen-bond donors (Lipinski definition) is 0. The summed E-state index contributed by atoms with van der Waals surface area (Å²) in [6.07, 6.45) is 3.19. The maximum absolute atomic E-state index is 6.11. The summed E-state index contributed by atoms with van der Waals surface area (Å²) in [5.41, 5.74) is 0.974. The number of likely N-dealkylation sites (N-methyl/N-ethyl adjacent to an activating group) is 1. The summed E-state index contributed by atoms with van der Waals surface area (Å²) in [6.45, 7) is 2.11. The van der Waals surface area contributed by atoms with Crippen molar-refractivity contribution in [3.8, 4) is 5.75 Å². The maximum Gasteiger partial charge on any atom is 0.130 e.